The molecule has 1 N–H and O–H groups in total. The number of rotatable bonds is 2. The smallest absolute Gasteiger partial charge is 0.0483 e. The van der Waals surface area contributed by atoms with Gasteiger partial charge < -0.3 is 9.88 Å². The summed E-state index contributed by atoms with van der Waals surface area (Å²) >= 11 is 0. The molecular formula is C16H22N2. The van der Waals surface area contributed by atoms with Crippen LogP contribution in [-0.4, -0.2) is 17.7 Å². The van der Waals surface area contributed by atoms with Crippen molar-refractivity contribution in [2.24, 2.45) is 0 Å². The molecule has 2 aromatic rings. The summed E-state index contributed by atoms with van der Waals surface area (Å²) in [5.41, 5.74) is 4.41. The zero-order valence-corrected chi connectivity index (χ0v) is 11.4. The highest BCUT2D eigenvalue weighted by atomic mass is 14.9. The molecule has 0 atom stereocenters. The number of hydrogen-bond donors (Lipinski definition) is 1. The lowest BCUT2D eigenvalue weighted by atomic mass is 9.87. The average Bonchev–Trinajstić information content (AvgIpc) is 2.80. The highest BCUT2D eigenvalue weighted by Crippen LogP contribution is 2.31. The number of aryl methyl sites for hydroxylation is 2. The summed E-state index contributed by atoms with van der Waals surface area (Å²) in [6.45, 7) is 7.85. The topological polar surface area (TPSA) is 17.0 Å². The van der Waals surface area contributed by atoms with E-state index in [1.807, 2.05) is 0 Å². The standard InChI is InChI=1S/C16H22N2/c1-3-18-9-6-14-11-15(12(2)10-16(14)18)13-4-7-17-8-5-13/h6,9-11,13,17H,3-5,7-8H2,1-2H3. The third kappa shape index (κ3) is 1.95. The normalized spacial score (nSPS) is 17.4. The van der Waals surface area contributed by atoms with Gasteiger partial charge in [0.1, 0.15) is 0 Å². The van der Waals surface area contributed by atoms with Crippen molar-refractivity contribution in [2.45, 2.75) is 39.2 Å². The second kappa shape index (κ2) is 4.77. The highest BCUT2D eigenvalue weighted by molar-refractivity contribution is 5.82. The van der Waals surface area contributed by atoms with Crippen LogP contribution in [-0.2, 0) is 6.54 Å². The molecule has 1 aliphatic rings. The van der Waals surface area contributed by atoms with Crippen molar-refractivity contribution in [1.29, 1.82) is 0 Å². The van der Waals surface area contributed by atoms with Crippen molar-refractivity contribution in [1.82, 2.24) is 9.88 Å². The van der Waals surface area contributed by atoms with Crippen molar-refractivity contribution in [3.05, 3.63) is 35.5 Å². The minimum Gasteiger partial charge on any atom is -0.348 e. The van der Waals surface area contributed by atoms with Crippen LogP contribution in [0.1, 0.15) is 36.8 Å². The van der Waals surface area contributed by atoms with Crippen LogP contribution in [0.5, 0.6) is 0 Å². The molecule has 0 bridgehead atoms. The van der Waals surface area contributed by atoms with E-state index in [4.69, 9.17) is 0 Å². The number of piperidine rings is 1. The van der Waals surface area contributed by atoms with Gasteiger partial charge in [-0.15, -0.1) is 0 Å². The van der Waals surface area contributed by atoms with Crippen molar-refractivity contribution in [2.75, 3.05) is 13.1 Å². The van der Waals surface area contributed by atoms with Crippen LogP contribution in [0.15, 0.2) is 24.4 Å². The number of fused-ring (bicyclic) bond motifs is 1. The molecule has 0 aliphatic carbocycles. The predicted molar refractivity (Wildman–Crippen MR) is 77.2 cm³/mol. The molecule has 0 spiro atoms. The SMILES string of the molecule is CCn1ccc2cc(C3CCNCC3)c(C)cc21. The van der Waals surface area contributed by atoms with Crippen LogP contribution in [0.25, 0.3) is 10.9 Å². The molecular weight excluding hydrogens is 220 g/mol. The van der Waals surface area contributed by atoms with E-state index >= 15 is 0 Å². The summed E-state index contributed by atoms with van der Waals surface area (Å²) < 4.78 is 2.33. The maximum atomic E-state index is 3.45. The van der Waals surface area contributed by atoms with Crippen molar-refractivity contribution in [3.63, 3.8) is 0 Å². The number of nitrogens with one attached hydrogen (secondary N) is 1. The molecule has 0 radical (unpaired) electrons. The third-order valence-electron chi connectivity index (χ3n) is 4.28. The van der Waals surface area contributed by atoms with E-state index in [-0.39, 0.29) is 0 Å². The summed E-state index contributed by atoms with van der Waals surface area (Å²) in [5.74, 6) is 0.751. The fourth-order valence-corrected chi connectivity index (χ4v) is 3.21. The highest BCUT2D eigenvalue weighted by Gasteiger charge is 2.17. The molecule has 0 unspecified atom stereocenters. The zero-order chi connectivity index (χ0) is 12.5. The maximum absolute atomic E-state index is 3.45. The Kier molecular flexibility index (Phi) is 3.13. The second-order valence-electron chi connectivity index (χ2n) is 5.39. The molecule has 0 amide bonds. The third-order valence-corrected chi connectivity index (χ3v) is 4.28. The largest absolute Gasteiger partial charge is 0.348 e. The van der Waals surface area contributed by atoms with Gasteiger partial charge in [-0.25, -0.2) is 0 Å². The number of nitrogens with zero attached hydrogens (tertiary/aromatic N) is 1. The van der Waals surface area contributed by atoms with Crippen molar-refractivity contribution in [3.8, 4) is 0 Å². The van der Waals surface area contributed by atoms with Gasteiger partial charge in [0.25, 0.3) is 0 Å². The second-order valence-corrected chi connectivity index (χ2v) is 5.39. The molecule has 1 fully saturated rings. The van der Waals surface area contributed by atoms with Gasteiger partial charge in [0, 0.05) is 18.3 Å². The fourth-order valence-electron chi connectivity index (χ4n) is 3.21. The molecule has 2 nitrogen and oxygen atoms in total. The molecule has 1 aromatic heterocycles. The number of hydrogen-bond acceptors (Lipinski definition) is 1. The van der Waals surface area contributed by atoms with Gasteiger partial charge >= 0.3 is 0 Å². The monoisotopic (exact) mass is 242 g/mol. The Bertz CT molecular complexity index is 547. The summed E-state index contributed by atoms with van der Waals surface area (Å²) in [4.78, 5) is 0. The lowest BCUT2D eigenvalue weighted by Gasteiger charge is -2.24. The Labute approximate surface area is 109 Å². The lowest BCUT2D eigenvalue weighted by molar-refractivity contribution is 0.459. The predicted octanol–water partition coefficient (Wildman–Crippen LogP) is 3.44. The van der Waals surface area contributed by atoms with E-state index in [1.165, 1.54) is 29.3 Å². The van der Waals surface area contributed by atoms with Crippen molar-refractivity contribution >= 4 is 10.9 Å². The Morgan fingerprint density at radius 3 is 2.78 bits per heavy atom. The maximum Gasteiger partial charge on any atom is 0.0483 e. The van der Waals surface area contributed by atoms with E-state index in [0.29, 0.717) is 0 Å². The van der Waals surface area contributed by atoms with Gasteiger partial charge in [-0.05, 0) is 80.4 Å². The van der Waals surface area contributed by atoms with Crippen LogP contribution < -0.4 is 5.32 Å². The van der Waals surface area contributed by atoms with Gasteiger partial charge in [-0.3, -0.25) is 0 Å². The molecule has 3 rings (SSSR count). The van der Waals surface area contributed by atoms with Gasteiger partial charge in [-0.2, -0.15) is 0 Å². The first kappa shape index (κ1) is 11.8. The first-order chi connectivity index (χ1) is 8.79. The van der Waals surface area contributed by atoms with Crippen LogP contribution in [0.3, 0.4) is 0 Å². The number of benzene rings is 1. The van der Waals surface area contributed by atoms with E-state index < -0.39 is 0 Å². The summed E-state index contributed by atoms with van der Waals surface area (Å²) in [7, 11) is 0. The first-order valence-corrected chi connectivity index (χ1v) is 7.09. The summed E-state index contributed by atoms with van der Waals surface area (Å²) in [6, 6.07) is 7.05. The molecule has 2 heterocycles. The lowest BCUT2D eigenvalue weighted by Crippen LogP contribution is -2.26. The Morgan fingerprint density at radius 1 is 1.28 bits per heavy atom. The number of aromatic nitrogens is 1. The molecule has 1 aromatic carbocycles. The zero-order valence-electron chi connectivity index (χ0n) is 11.4. The Hall–Kier alpha value is -1.28. The van der Waals surface area contributed by atoms with Crippen LogP contribution >= 0.6 is 0 Å². The van der Waals surface area contributed by atoms with E-state index in [1.54, 1.807) is 5.56 Å². The molecule has 2 heteroatoms. The first-order valence-electron chi connectivity index (χ1n) is 7.09. The van der Waals surface area contributed by atoms with Crippen LogP contribution in [0.2, 0.25) is 0 Å². The Morgan fingerprint density at radius 2 is 2.06 bits per heavy atom. The van der Waals surface area contributed by atoms with E-state index in [9.17, 15) is 0 Å². The van der Waals surface area contributed by atoms with Crippen molar-refractivity contribution < 1.29 is 0 Å². The van der Waals surface area contributed by atoms with Gasteiger partial charge in [-0.1, -0.05) is 0 Å². The summed E-state index contributed by atoms with van der Waals surface area (Å²) in [6.07, 6.45) is 4.76. The van der Waals surface area contributed by atoms with Gasteiger partial charge in [0.05, 0.1) is 0 Å². The molecule has 1 saturated heterocycles. The molecule has 0 saturated carbocycles. The quantitative estimate of drug-likeness (QED) is 0.853. The minimum atomic E-state index is 0.751. The van der Waals surface area contributed by atoms with Gasteiger partial charge in [0.15, 0.2) is 0 Å². The molecule has 96 valence electrons. The van der Waals surface area contributed by atoms with E-state index in [0.717, 1.165) is 25.6 Å². The Balaban J connectivity index is 2.04. The van der Waals surface area contributed by atoms with E-state index in [2.05, 4.69) is 48.1 Å². The minimum absolute atomic E-state index is 0.751. The van der Waals surface area contributed by atoms with Gasteiger partial charge in [0.2, 0.25) is 0 Å². The van der Waals surface area contributed by atoms with Crippen LogP contribution in [0, 0.1) is 6.92 Å². The van der Waals surface area contributed by atoms with Crippen LogP contribution in [0.4, 0.5) is 0 Å². The molecule has 1 aliphatic heterocycles. The summed E-state index contributed by atoms with van der Waals surface area (Å²) in [5, 5.41) is 4.85. The molecule has 18 heavy (non-hydrogen) atoms. The average molecular weight is 242 g/mol. The fraction of sp³-hybridized carbons (Fsp3) is 0.500.